The van der Waals surface area contributed by atoms with Crippen LogP contribution >= 0.6 is 0 Å². The molecule has 0 spiro atoms. The van der Waals surface area contributed by atoms with Gasteiger partial charge in [0.25, 0.3) is 0 Å². The third kappa shape index (κ3) is 3.50. The fourth-order valence-corrected chi connectivity index (χ4v) is 4.37. The van der Waals surface area contributed by atoms with E-state index in [4.69, 9.17) is 5.73 Å². The molecule has 0 unspecified atom stereocenters. The number of hydrogen-bond acceptors (Lipinski definition) is 3. The molecular weight excluding hydrogens is 234 g/mol. The molecular formula is C16H31N3. The maximum Gasteiger partial charge on any atom is 0.0120 e. The molecule has 2 N–H and O–H groups in total. The average molecular weight is 265 g/mol. The Labute approximate surface area is 118 Å². The molecule has 0 aromatic carbocycles. The minimum Gasteiger partial charge on any atom is -0.328 e. The van der Waals surface area contributed by atoms with Gasteiger partial charge in [-0.25, -0.2) is 0 Å². The Morgan fingerprint density at radius 2 is 1.11 bits per heavy atom. The SMILES string of the molecule is NC1CCC(N2CCC(N3CCCCC3)CC2)CC1. The Kier molecular flexibility index (Phi) is 4.78. The van der Waals surface area contributed by atoms with Crippen molar-refractivity contribution in [3.05, 3.63) is 0 Å². The van der Waals surface area contributed by atoms with Crippen LogP contribution in [0, 0.1) is 0 Å². The Balaban J connectivity index is 1.44. The highest BCUT2D eigenvalue weighted by molar-refractivity contribution is 4.87. The third-order valence-corrected chi connectivity index (χ3v) is 5.66. The van der Waals surface area contributed by atoms with Gasteiger partial charge in [0.2, 0.25) is 0 Å². The molecule has 2 saturated heterocycles. The average Bonchev–Trinajstić information content (AvgIpc) is 2.49. The maximum absolute atomic E-state index is 6.02. The van der Waals surface area contributed by atoms with E-state index in [1.54, 1.807) is 0 Å². The van der Waals surface area contributed by atoms with Crippen LogP contribution in [0.2, 0.25) is 0 Å². The van der Waals surface area contributed by atoms with Crippen LogP contribution in [0.5, 0.6) is 0 Å². The van der Waals surface area contributed by atoms with Crippen molar-refractivity contribution >= 4 is 0 Å². The van der Waals surface area contributed by atoms with Gasteiger partial charge in [0, 0.05) is 18.1 Å². The second-order valence-electron chi connectivity index (χ2n) is 6.93. The predicted molar refractivity (Wildman–Crippen MR) is 80.3 cm³/mol. The third-order valence-electron chi connectivity index (χ3n) is 5.66. The van der Waals surface area contributed by atoms with Gasteiger partial charge in [-0.3, -0.25) is 0 Å². The number of nitrogens with two attached hydrogens (primary N) is 1. The lowest BCUT2D eigenvalue weighted by Gasteiger charge is -2.44. The molecule has 19 heavy (non-hydrogen) atoms. The fraction of sp³-hybridized carbons (Fsp3) is 1.00. The standard InChI is InChI=1S/C16H31N3/c17-14-4-6-15(7-5-14)19-12-8-16(9-13-19)18-10-2-1-3-11-18/h14-16H,1-13,17H2. The lowest BCUT2D eigenvalue weighted by atomic mass is 9.89. The molecule has 110 valence electrons. The van der Waals surface area contributed by atoms with Crippen LogP contribution in [-0.2, 0) is 0 Å². The summed E-state index contributed by atoms with van der Waals surface area (Å²) in [5, 5.41) is 0. The summed E-state index contributed by atoms with van der Waals surface area (Å²) in [6.07, 6.45) is 12.3. The lowest BCUT2D eigenvalue weighted by Crippen LogP contribution is -2.50. The monoisotopic (exact) mass is 265 g/mol. The fourth-order valence-electron chi connectivity index (χ4n) is 4.37. The molecule has 0 aromatic heterocycles. The van der Waals surface area contributed by atoms with Crippen molar-refractivity contribution in [3.63, 3.8) is 0 Å². The van der Waals surface area contributed by atoms with Crippen LogP contribution in [0.25, 0.3) is 0 Å². The first-order chi connectivity index (χ1) is 9.33. The lowest BCUT2D eigenvalue weighted by molar-refractivity contribution is 0.0599. The number of piperidine rings is 2. The Morgan fingerprint density at radius 1 is 0.579 bits per heavy atom. The van der Waals surface area contributed by atoms with Gasteiger partial charge in [-0.2, -0.15) is 0 Å². The van der Waals surface area contributed by atoms with Gasteiger partial charge in [-0.15, -0.1) is 0 Å². The first-order valence-corrected chi connectivity index (χ1v) is 8.56. The second-order valence-corrected chi connectivity index (χ2v) is 6.93. The zero-order valence-electron chi connectivity index (χ0n) is 12.4. The largest absolute Gasteiger partial charge is 0.328 e. The van der Waals surface area contributed by atoms with Crippen molar-refractivity contribution in [1.29, 1.82) is 0 Å². The number of hydrogen-bond donors (Lipinski definition) is 1. The van der Waals surface area contributed by atoms with Crippen LogP contribution in [0.3, 0.4) is 0 Å². The second kappa shape index (κ2) is 6.55. The van der Waals surface area contributed by atoms with Gasteiger partial charge in [-0.05, 0) is 77.5 Å². The van der Waals surface area contributed by atoms with E-state index in [1.807, 2.05) is 0 Å². The van der Waals surface area contributed by atoms with Gasteiger partial charge < -0.3 is 15.5 Å². The highest BCUT2D eigenvalue weighted by atomic mass is 15.2. The van der Waals surface area contributed by atoms with E-state index >= 15 is 0 Å². The highest BCUT2D eigenvalue weighted by Gasteiger charge is 2.30. The van der Waals surface area contributed by atoms with E-state index in [2.05, 4.69) is 9.80 Å². The van der Waals surface area contributed by atoms with Crippen molar-refractivity contribution in [1.82, 2.24) is 9.80 Å². The van der Waals surface area contributed by atoms with Gasteiger partial charge in [0.1, 0.15) is 0 Å². The summed E-state index contributed by atoms with van der Waals surface area (Å²) in [5.41, 5.74) is 6.02. The molecule has 1 saturated carbocycles. The molecule has 3 nitrogen and oxygen atoms in total. The van der Waals surface area contributed by atoms with Crippen molar-refractivity contribution in [2.24, 2.45) is 5.73 Å². The Morgan fingerprint density at radius 3 is 1.74 bits per heavy atom. The summed E-state index contributed by atoms with van der Waals surface area (Å²) < 4.78 is 0. The summed E-state index contributed by atoms with van der Waals surface area (Å²) >= 11 is 0. The maximum atomic E-state index is 6.02. The molecule has 2 aliphatic heterocycles. The van der Waals surface area contributed by atoms with Crippen LogP contribution in [0.4, 0.5) is 0 Å². The van der Waals surface area contributed by atoms with Gasteiger partial charge in [-0.1, -0.05) is 6.42 Å². The Hall–Kier alpha value is -0.120. The summed E-state index contributed by atoms with van der Waals surface area (Å²) in [6, 6.07) is 2.23. The van der Waals surface area contributed by atoms with Gasteiger partial charge in [0.05, 0.1) is 0 Å². The molecule has 3 fully saturated rings. The van der Waals surface area contributed by atoms with Crippen molar-refractivity contribution in [2.75, 3.05) is 26.2 Å². The van der Waals surface area contributed by atoms with E-state index < -0.39 is 0 Å². The predicted octanol–water partition coefficient (Wildman–Crippen LogP) is 2.21. The van der Waals surface area contributed by atoms with E-state index in [0.29, 0.717) is 6.04 Å². The summed E-state index contributed by atoms with van der Waals surface area (Å²) in [5.74, 6) is 0. The molecule has 0 radical (unpaired) electrons. The quantitative estimate of drug-likeness (QED) is 0.831. The molecule has 0 bridgehead atoms. The molecule has 1 aliphatic carbocycles. The van der Waals surface area contributed by atoms with Crippen LogP contribution in [0.1, 0.15) is 57.8 Å². The minimum atomic E-state index is 0.488. The topological polar surface area (TPSA) is 32.5 Å². The molecule has 3 heteroatoms. The number of likely N-dealkylation sites (tertiary alicyclic amines) is 2. The smallest absolute Gasteiger partial charge is 0.0120 e. The van der Waals surface area contributed by atoms with Crippen LogP contribution in [0.15, 0.2) is 0 Å². The van der Waals surface area contributed by atoms with Crippen molar-refractivity contribution in [3.8, 4) is 0 Å². The molecule has 2 heterocycles. The Bertz CT molecular complexity index is 259. The van der Waals surface area contributed by atoms with Crippen LogP contribution in [-0.4, -0.2) is 54.1 Å². The minimum absolute atomic E-state index is 0.488. The van der Waals surface area contributed by atoms with E-state index in [9.17, 15) is 0 Å². The zero-order chi connectivity index (χ0) is 13.1. The molecule has 3 rings (SSSR count). The van der Waals surface area contributed by atoms with Gasteiger partial charge >= 0.3 is 0 Å². The van der Waals surface area contributed by atoms with Crippen molar-refractivity contribution < 1.29 is 0 Å². The molecule has 0 amide bonds. The van der Waals surface area contributed by atoms with Gasteiger partial charge in [0.15, 0.2) is 0 Å². The van der Waals surface area contributed by atoms with E-state index in [1.165, 1.54) is 84.0 Å². The summed E-state index contributed by atoms with van der Waals surface area (Å²) in [7, 11) is 0. The first kappa shape index (κ1) is 13.8. The highest BCUT2D eigenvalue weighted by Crippen LogP contribution is 2.27. The number of nitrogens with zero attached hydrogens (tertiary/aromatic N) is 2. The zero-order valence-corrected chi connectivity index (χ0v) is 12.4. The molecule has 0 atom stereocenters. The van der Waals surface area contributed by atoms with Crippen LogP contribution < -0.4 is 5.73 Å². The van der Waals surface area contributed by atoms with Crippen molar-refractivity contribution in [2.45, 2.75) is 75.9 Å². The molecule has 3 aliphatic rings. The summed E-state index contributed by atoms with van der Waals surface area (Å²) in [4.78, 5) is 5.55. The normalized spacial score (nSPS) is 36.5. The van der Waals surface area contributed by atoms with E-state index in [-0.39, 0.29) is 0 Å². The molecule has 0 aromatic rings. The van der Waals surface area contributed by atoms with E-state index in [0.717, 1.165) is 12.1 Å². The number of rotatable bonds is 2. The first-order valence-electron chi connectivity index (χ1n) is 8.56. The summed E-state index contributed by atoms with van der Waals surface area (Å²) in [6.45, 7) is 5.40.